The number of rotatable bonds is 0. The summed E-state index contributed by atoms with van der Waals surface area (Å²) >= 11 is 1.75. The molecule has 0 saturated carbocycles. The molecule has 0 aliphatic rings. The molecule has 0 heterocycles. The van der Waals surface area contributed by atoms with Crippen LogP contribution in [0.5, 0.6) is 0 Å². The van der Waals surface area contributed by atoms with Gasteiger partial charge in [0.1, 0.15) is 9.84 Å². The predicted molar refractivity (Wildman–Crippen MR) is 53.1 cm³/mol. The van der Waals surface area contributed by atoms with Crippen molar-refractivity contribution >= 4 is 21.6 Å². The van der Waals surface area contributed by atoms with Gasteiger partial charge in [-0.05, 0) is 12.5 Å². The predicted octanol–water partition coefficient (Wildman–Crippen LogP) is 0.903. The van der Waals surface area contributed by atoms with Crippen LogP contribution >= 0.6 is 11.8 Å². The van der Waals surface area contributed by atoms with E-state index in [0.717, 1.165) is 12.5 Å². The van der Waals surface area contributed by atoms with Crippen molar-refractivity contribution in [1.29, 1.82) is 0 Å². The Bertz CT molecular complexity index is 119. The van der Waals surface area contributed by atoms with E-state index in [1.165, 1.54) is 0 Å². The number of ether oxygens (including phenoxy) is 1. The number of methoxy groups -OCH3 is 1. The van der Waals surface area contributed by atoms with Crippen LogP contribution < -0.4 is 0 Å². The number of sulfone groups is 1. The first-order valence-electron chi connectivity index (χ1n) is 2.78. The van der Waals surface area contributed by atoms with Crippen molar-refractivity contribution in [3.05, 3.63) is 0 Å². The molecule has 0 aromatic heterocycles. The number of hydrogen-bond acceptors (Lipinski definition) is 4. The van der Waals surface area contributed by atoms with Crippen molar-refractivity contribution in [2.45, 2.75) is 0 Å². The molecule has 0 aromatic carbocycles. The van der Waals surface area contributed by atoms with Crippen LogP contribution in [-0.4, -0.2) is 47.7 Å². The zero-order valence-corrected chi connectivity index (χ0v) is 9.67. The summed E-state index contributed by atoms with van der Waals surface area (Å²) in [7, 11) is 0.583. The fourth-order valence-electron chi connectivity index (χ4n) is 0. The minimum atomic E-state index is -2.67. The van der Waals surface area contributed by atoms with Crippen LogP contribution in [-0.2, 0) is 14.6 Å². The fourth-order valence-corrected chi connectivity index (χ4v) is 0. The Morgan fingerprint density at radius 2 is 1.09 bits per heavy atom. The van der Waals surface area contributed by atoms with E-state index in [2.05, 4.69) is 4.74 Å². The molecule has 0 unspecified atom stereocenters. The lowest BCUT2D eigenvalue weighted by molar-refractivity contribution is 0.277. The van der Waals surface area contributed by atoms with Crippen molar-refractivity contribution < 1.29 is 13.2 Å². The van der Waals surface area contributed by atoms with Crippen LogP contribution in [0.1, 0.15) is 0 Å². The maximum Gasteiger partial charge on any atom is 0.144 e. The summed E-state index contributed by atoms with van der Waals surface area (Å²) in [5.41, 5.74) is 0. The Balaban J connectivity index is -0.0000000933. The highest BCUT2D eigenvalue weighted by Gasteiger charge is 1.79. The van der Waals surface area contributed by atoms with Crippen LogP contribution in [0.3, 0.4) is 0 Å². The van der Waals surface area contributed by atoms with Crippen LogP contribution in [0.2, 0.25) is 0 Å². The molecule has 0 radical (unpaired) electrons. The van der Waals surface area contributed by atoms with Gasteiger partial charge in [-0.15, -0.1) is 0 Å². The third kappa shape index (κ3) is 10400. The first-order valence-corrected chi connectivity index (χ1v) is 6.72. The smallest absolute Gasteiger partial charge is 0.144 e. The third-order valence-corrected chi connectivity index (χ3v) is 0. The van der Waals surface area contributed by atoms with Crippen molar-refractivity contribution in [1.82, 2.24) is 0 Å². The summed E-state index contributed by atoms with van der Waals surface area (Å²) in [6, 6.07) is 0. The highest BCUT2D eigenvalue weighted by molar-refractivity contribution is 7.97. The molecule has 5 heteroatoms. The van der Waals surface area contributed by atoms with E-state index in [1.807, 2.05) is 12.5 Å². The van der Waals surface area contributed by atoms with E-state index in [0.29, 0.717) is 0 Å². The lowest BCUT2D eigenvalue weighted by Gasteiger charge is -1.69. The summed E-state index contributed by atoms with van der Waals surface area (Å²) in [5.74, 6) is 0. The van der Waals surface area contributed by atoms with Crippen molar-refractivity contribution in [2.24, 2.45) is 0 Å². The molecule has 72 valence electrons. The number of hydrogen-bond donors (Lipinski definition) is 0. The van der Waals surface area contributed by atoms with Crippen LogP contribution in [0.4, 0.5) is 0 Å². The molecule has 0 rings (SSSR count). The topological polar surface area (TPSA) is 43.4 Å². The average molecular weight is 202 g/mol. The second kappa shape index (κ2) is 12.9. The Morgan fingerprint density at radius 3 is 1.09 bits per heavy atom. The Hall–Kier alpha value is 0.260. The molecule has 0 fully saturated rings. The first kappa shape index (κ1) is 17.4. The van der Waals surface area contributed by atoms with Gasteiger partial charge in [0.2, 0.25) is 0 Å². The van der Waals surface area contributed by atoms with Crippen molar-refractivity contribution in [3.8, 4) is 0 Å². The van der Waals surface area contributed by atoms with E-state index < -0.39 is 9.84 Å². The van der Waals surface area contributed by atoms with E-state index in [4.69, 9.17) is 0 Å². The summed E-state index contributed by atoms with van der Waals surface area (Å²) in [6.07, 6.45) is 6.40. The molecular weight excluding hydrogens is 184 g/mol. The van der Waals surface area contributed by atoms with Crippen LogP contribution in [0, 0.1) is 0 Å². The molecule has 11 heavy (non-hydrogen) atoms. The van der Waals surface area contributed by atoms with Crippen molar-refractivity contribution in [2.75, 3.05) is 39.2 Å². The summed E-state index contributed by atoms with van der Waals surface area (Å²) in [5, 5.41) is 0. The Kier molecular flexibility index (Phi) is 20.4. The highest BCUT2D eigenvalue weighted by Crippen LogP contribution is 1.70. The second-order valence-corrected chi connectivity index (χ2v) is 5.06. The summed E-state index contributed by atoms with van der Waals surface area (Å²) in [4.78, 5) is 0. The van der Waals surface area contributed by atoms with Gasteiger partial charge >= 0.3 is 0 Å². The van der Waals surface area contributed by atoms with Gasteiger partial charge in [-0.3, -0.25) is 0 Å². The monoisotopic (exact) mass is 202 g/mol. The minimum Gasteiger partial charge on any atom is -0.388 e. The quantitative estimate of drug-likeness (QED) is 0.585. The molecule has 0 N–H and O–H groups in total. The Labute approximate surface area is 74.4 Å². The van der Waals surface area contributed by atoms with Gasteiger partial charge < -0.3 is 4.74 Å². The van der Waals surface area contributed by atoms with E-state index in [1.54, 1.807) is 26.0 Å². The van der Waals surface area contributed by atoms with Crippen molar-refractivity contribution in [3.63, 3.8) is 0 Å². The molecule has 0 aliphatic heterocycles. The maximum atomic E-state index is 9.63. The van der Waals surface area contributed by atoms with Crippen LogP contribution in [0.25, 0.3) is 0 Å². The Morgan fingerprint density at radius 1 is 1.09 bits per heavy atom. The molecule has 0 aromatic rings. The van der Waals surface area contributed by atoms with Gasteiger partial charge in [0.25, 0.3) is 0 Å². The maximum absolute atomic E-state index is 9.63. The van der Waals surface area contributed by atoms with Gasteiger partial charge in [0.15, 0.2) is 0 Å². The highest BCUT2D eigenvalue weighted by atomic mass is 32.2. The molecule has 3 nitrogen and oxygen atoms in total. The molecule has 0 aliphatic carbocycles. The first-order chi connectivity index (χ1) is 4.83. The lowest BCUT2D eigenvalue weighted by Crippen LogP contribution is -1.86. The zero-order chi connectivity index (χ0) is 9.91. The summed E-state index contributed by atoms with van der Waals surface area (Å²) in [6.45, 7) is 0. The third-order valence-electron chi connectivity index (χ3n) is 0. The fraction of sp³-hybridized carbons (Fsp3) is 1.00. The van der Waals surface area contributed by atoms with Gasteiger partial charge in [0, 0.05) is 26.7 Å². The SMILES string of the molecule is COC.CS(C)(=O)=O.CSC. The molecule has 0 spiro atoms. The zero-order valence-electron chi connectivity index (χ0n) is 8.04. The van der Waals surface area contributed by atoms with E-state index >= 15 is 0 Å². The normalized spacial score (nSPS) is 8.55. The van der Waals surface area contributed by atoms with Gasteiger partial charge in [-0.25, -0.2) is 8.42 Å². The largest absolute Gasteiger partial charge is 0.388 e. The van der Waals surface area contributed by atoms with E-state index in [9.17, 15) is 8.42 Å². The van der Waals surface area contributed by atoms with Gasteiger partial charge in [0.05, 0.1) is 0 Å². The minimum absolute atomic E-state index is 1.16. The molecule has 0 bridgehead atoms. The molecule has 0 atom stereocenters. The average Bonchev–Trinajstić information content (AvgIpc) is 1.62. The lowest BCUT2D eigenvalue weighted by atomic mass is 11.6. The molecule has 0 amide bonds. The molecule has 0 saturated heterocycles. The molecular formula is C6H18O3S2. The standard InChI is InChI=1S/C2H6O2S.C2H6O.C2H6S/c1-5(2,3)4;2*1-3-2/h1-2H3;2*1-2H3. The summed E-state index contributed by atoms with van der Waals surface area (Å²) < 4.78 is 23.5. The van der Waals surface area contributed by atoms with Gasteiger partial charge in [-0.1, -0.05) is 0 Å². The van der Waals surface area contributed by atoms with Gasteiger partial charge in [-0.2, -0.15) is 11.8 Å². The van der Waals surface area contributed by atoms with Crippen LogP contribution in [0.15, 0.2) is 0 Å². The van der Waals surface area contributed by atoms with E-state index in [-0.39, 0.29) is 0 Å². The number of thioether (sulfide) groups is 1. The second-order valence-electron chi connectivity index (χ2n) is 1.96.